The highest BCUT2D eigenvalue weighted by Crippen LogP contribution is 2.35. The molecule has 0 aliphatic rings. The lowest BCUT2D eigenvalue weighted by molar-refractivity contribution is -0.134. The van der Waals surface area contributed by atoms with Gasteiger partial charge in [0.05, 0.1) is 17.6 Å². The van der Waals surface area contributed by atoms with Gasteiger partial charge in [0.15, 0.2) is 0 Å². The fraction of sp³-hybridized carbons (Fsp3) is 0.310. The van der Waals surface area contributed by atoms with Gasteiger partial charge >= 0.3 is 6.03 Å². The maximum Gasteiger partial charge on any atom is 0.315 e. The molecule has 1 aromatic heterocycles. The highest BCUT2D eigenvalue weighted by atomic mass is 19.1. The Labute approximate surface area is 217 Å². The Morgan fingerprint density at radius 1 is 1.05 bits per heavy atom. The number of likely N-dealkylation sites (N-methyl/N-ethyl adjacent to an activating group) is 1. The molecule has 2 unspecified atom stereocenters. The molecule has 0 fully saturated rings. The van der Waals surface area contributed by atoms with Gasteiger partial charge in [0.25, 0.3) is 0 Å². The van der Waals surface area contributed by atoms with Gasteiger partial charge in [0.1, 0.15) is 5.82 Å². The Morgan fingerprint density at radius 2 is 1.81 bits per heavy atom. The van der Waals surface area contributed by atoms with Gasteiger partial charge in [-0.3, -0.25) is 9.78 Å². The van der Waals surface area contributed by atoms with E-state index in [-0.39, 0.29) is 25.0 Å². The van der Waals surface area contributed by atoms with Gasteiger partial charge in [-0.05, 0) is 56.2 Å². The molecule has 0 aliphatic heterocycles. The van der Waals surface area contributed by atoms with Crippen molar-refractivity contribution in [3.8, 4) is 6.07 Å². The number of carbonyl (C=O) groups is 2. The van der Waals surface area contributed by atoms with Crippen molar-refractivity contribution in [1.29, 1.82) is 5.26 Å². The minimum Gasteiger partial charge on any atom is -0.340 e. The van der Waals surface area contributed by atoms with Crippen LogP contribution >= 0.6 is 0 Å². The molecule has 0 saturated carbocycles. The molecule has 192 valence electrons. The standard InChI is InChI=1S/C29H32FN5O2/c1-4-35(20(2)3)28(36)27(24-12-8-14-32-17-24)25(22-11-7-9-21(15-22)16-31)19-34-29(37)33-18-23-10-5-6-13-26(23)30/h5-15,17,20,25,27H,4,18-19H2,1-3H3,(H2,33,34,37). The van der Waals surface area contributed by atoms with Crippen LogP contribution in [0.15, 0.2) is 73.1 Å². The molecule has 3 rings (SSSR count). The smallest absolute Gasteiger partial charge is 0.315 e. The summed E-state index contributed by atoms with van der Waals surface area (Å²) in [5, 5.41) is 15.0. The largest absolute Gasteiger partial charge is 0.340 e. The summed E-state index contributed by atoms with van der Waals surface area (Å²) >= 11 is 0. The van der Waals surface area contributed by atoms with Gasteiger partial charge in [0.2, 0.25) is 5.91 Å². The van der Waals surface area contributed by atoms with Crippen molar-refractivity contribution in [3.05, 3.63) is 101 Å². The van der Waals surface area contributed by atoms with Crippen LogP contribution in [0, 0.1) is 17.1 Å². The number of nitrogens with one attached hydrogen (secondary N) is 2. The first-order valence-electron chi connectivity index (χ1n) is 12.3. The summed E-state index contributed by atoms with van der Waals surface area (Å²) in [6.45, 7) is 6.50. The summed E-state index contributed by atoms with van der Waals surface area (Å²) in [7, 11) is 0. The van der Waals surface area contributed by atoms with Crippen molar-refractivity contribution >= 4 is 11.9 Å². The summed E-state index contributed by atoms with van der Waals surface area (Å²) in [4.78, 5) is 32.7. The van der Waals surface area contributed by atoms with Gasteiger partial charge < -0.3 is 15.5 Å². The second kappa shape index (κ2) is 13.2. The van der Waals surface area contributed by atoms with E-state index in [1.54, 1.807) is 59.8 Å². The number of halogens is 1. The number of carbonyl (C=O) groups excluding carboxylic acids is 2. The molecule has 1 heterocycles. The summed E-state index contributed by atoms with van der Waals surface area (Å²) in [5.41, 5.74) is 2.29. The lowest BCUT2D eigenvalue weighted by Gasteiger charge is -2.34. The molecule has 37 heavy (non-hydrogen) atoms. The van der Waals surface area contributed by atoms with Crippen LogP contribution in [0.1, 0.15) is 54.9 Å². The van der Waals surface area contributed by atoms with Crippen molar-refractivity contribution in [2.45, 2.75) is 45.2 Å². The molecule has 0 saturated heterocycles. The first kappa shape index (κ1) is 27.3. The summed E-state index contributed by atoms with van der Waals surface area (Å²) < 4.78 is 14.0. The van der Waals surface area contributed by atoms with E-state index >= 15 is 0 Å². The second-order valence-electron chi connectivity index (χ2n) is 8.98. The topological polar surface area (TPSA) is 98.1 Å². The maximum atomic E-state index is 14.0. The molecule has 2 aromatic carbocycles. The maximum absolute atomic E-state index is 14.0. The molecular weight excluding hydrogens is 469 g/mol. The molecule has 0 spiro atoms. The summed E-state index contributed by atoms with van der Waals surface area (Å²) in [6.07, 6.45) is 3.31. The quantitative estimate of drug-likeness (QED) is 0.420. The van der Waals surface area contributed by atoms with E-state index in [1.165, 1.54) is 6.07 Å². The van der Waals surface area contributed by atoms with E-state index in [0.717, 1.165) is 5.56 Å². The number of hydrogen-bond acceptors (Lipinski definition) is 4. The number of nitrogens with zero attached hydrogens (tertiary/aromatic N) is 3. The third kappa shape index (κ3) is 7.14. The van der Waals surface area contributed by atoms with E-state index in [1.807, 2.05) is 32.9 Å². The minimum absolute atomic E-state index is 0.0228. The molecule has 3 amide bonds. The number of rotatable bonds is 10. The van der Waals surface area contributed by atoms with Gasteiger partial charge in [-0.25, -0.2) is 9.18 Å². The van der Waals surface area contributed by atoms with Crippen molar-refractivity contribution in [1.82, 2.24) is 20.5 Å². The normalized spacial score (nSPS) is 12.3. The lowest BCUT2D eigenvalue weighted by atomic mass is 9.80. The van der Waals surface area contributed by atoms with E-state index in [2.05, 4.69) is 21.7 Å². The Balaban J connectivity index is 1.93. The zero-order valence-corrected chi connectivity index (χ0v) is 21.3. The highest BCUT2D eigenvalue weighted by Gasteiger charge is 2.35. The number of hydrogen-bond donors (Lipinski definition) is 2. The van der Waals surface area contributed by atoms with Crippen LogP contribution in [-0.4, -0.2) is 41.0 Å². The van der Waals surface area contributed by atoms with Crippen LogP contribution in [0.4, 0.5) is 9.18 Å². The lowest BCUT2D eigenvalue weighted by Crippen LogP contribution is -2.44. The zero-order chi connectivity index (χ0) is 26.8. The van der Waals surface area contributed by atoms with Crippen LogP contribution in [0.5, 0.6) is 0 Å². The van der Waals surface area contributed by atoms with Crippen LogP contribution < -0.4 is 10.6 Å². The number of nitriles is 1. The minimum atomic E-state index is -0.656. The van der Waals surface area contributed by atoms with Crippen LogP contribution in [0.3, 0.4) is 0 Å². The van der Waals surface area contributed by atoms with Gasteiger partial charge in [-0.2, -0.15) is 5.26 Å². The van der Waals surface area contributed by atoms with E-state index in [0.29, 0.717) is 23.2 Å². The Hall–Kier alpha value is -4.25. The van der Waals surface area contributed by atoms with Crippen LogP contribution in [0.2, 0.25) is 0 Å². The Morgan fingerprint density at radius 3 is 2.46 bits per heavy atom. The van der Waals surface area contributed by atoms with E-state index < -0.39 is 23.7 Å². The van der Waals surface area contributed by atoms with Gasteiger partial charge in [-0.15, -0.1) is 0 Å². The van der Waals surface area contributed by atoms with Crippen molar-refractivity contribution in [2.24, 2.45) is 0 Å². The number of benzene rings is 2. The first-order chi connectivity index (χ1) is 17.8. The number of amides is 3. The van der Waals surface area contributed by atoms with Crippen molar-refractivity contribution < 1.29 is 14.0 Å². The average Bonchev–Trinajstić information content (AvgIpc) is 2.91. The molecule has 2 N–H and O–H groups in total. The number of urea groups is 1. The second-order valence-corrected chi connectivity index (χ2v) is 8.98. The third-order valence-corrected chi connectivity index (χ3v) is 6.28. The molecule has 2 atom stereocenters. The summed E-state index contributed by atoms with van der Waals surface area (Å²) in [5.74, 6) is -1.63. The predicted octanol–water partition coefficient (Wildman–Crippen LogP) is 4.72. The highest BCUT2D eigenvalue weighted by molar-refractivity contribution is 5.85. The molecule has 0 bridgehead atoms. The number of pyridine rings is 1. The van der Waals surface area contributed by atoms with Gasteiger partial charge in [0, 0.05) is 49.6 Å². The molecule has 8 heteroatoms. The molecular formula is C29H32FN5O2. The predicted molar refractivity (Wildman–Crippen MR) is 140 cm³/mol. The Kier molecular flexibility index (Phi) is 9.73. The SMILES string of the molecule is CCN(C(=O)C(c1cccnc1)C(CNC(=O)NCc1ccccc1F)c1cccc(C#N)c1)C(C)C. The van der Waals surface area contributed by atoms with Crippen LogP contribution in [0.25, 0.3) is 0 Å². The summed E-state index contributed by atoms with van der Waals surface area (Å²) in [6, 6.07) is 18.6. The molecule has 0 aliphatic carbocycles. The number of aromatic nitrogens is 1. The fourth-order valence-electron chi connectivity index (χ4n) is 4.41. The molecule has 7 nitrogen and oxygen atoms in total. The van der Waals surface area contributed by atoms with E-state index in [4.69, 9.17) is 0 Å². The van der Waals surface area contributed by atoms with Crippen LogP contribution in [-0.2, 0) is 11.3 Å². The third-order valence-electron chi connectivity index (χ3n) is 6.28. The average molecular weight is 502 g/mol. The fourth-order valence-corrected chi connectivity index (χ4v) is 4.41. The van der Waals surface area contributed by atoms with Gasteiger partial charge in [-0.1, -0.05) is 36.4 Å². The van der Waals surface area contributed by atoms with Crippen molar-refractivity contribution in [3.63, 3.8) is 0 Å². The zero-order valence-electron chi connectivity index (χ0n) is 21.3. The molecule has 0 radical (unpaired) electrons. The van der Waals surface area contributed by atoms with Crippen molar-refractivity contribution in [2.75, 3.05) is 13.1 Å². The monoisotopic (exact) mass is 501 g/mol. The first-order valence-corrected chi connectivity index (χ1v) is 12.3. The molecule has 3 aromatic rings. The van der Waals surface area contributed by atoms with E-state index in [9.17, 15) is 19.2 Å². The Bertz CT molecular complexity index is 1240.